The Balaban J connectivity index is 1.76. The lowest BCUT2D eigenvalue weighted by molar-refractivity contribution is -0.135. The van der Waals surface area contributed by atoms with E-state index in [2.05, 4.69) is 0 Å². The first-order chi connectivity index (χ1) is 9.07. The molecular weight excluding hydrogens is 247 g/mol. The molecule has 2 rings (SSSR count). The van der Waals surface area contributed by atoms with E-state index in [9.17, 15) is 9.18 Å². The van der Waals surface area contributed by atoms with Crippen LogP contribution in [0.15, 0.2) is 24.3 Å². The lowest BCUT2D eigenvalue weighted by Gasteiger charge is -2.22. The van der Waals surface area contributed by atoms with Crippen LogP contribution >= 0.6 is 0 Å². The first-order valence-electron chi connectivity index (χ1n) is 6.41. The van der Waals surface area contributed by atoms with Crippen molar-refractivity contribution in [1.82, 2.24) is 4.90 Å². The highest BCUT2D eigenvalue weighted by Crippen LogP contribution is 2.45. The third kappa shape index (κ3) is 3.23. The lowest BCUT2D eigenvalue weighted by Crippen LogP contribution is -2.40. The van der Waals surface area contributed by atoms with Crippen molar-refractivity contribution in [2.75, 3.05) is 26.7 Å². The summed E-state index contributed by atoms with van der Waals surface area (Å²) >= 11 is 0. The van der Waals surface area contributed by atoms with E-state index in [4.69, 9.17) is 10.5 Å². The van der Waals surface area contributed by atoms with Gasteiger partial charge in [-0.1, -0.05) is 0 Å². The van der Waals surface area contributed by atoms with E-state index >= 15 is 0 Å². The number of carbonyl (C=O) groups is 1. The zero-order chi connectivity index (χ0) is 13.9. The van der Waals surface area contributed by atoms with Crippen LogP contribution in [0.2, 0.25) is 0 Å². The van der Waals surface area contributed by atoms with Gasteiger partial charge in [0.05, 0.1) is 12.0 Å². The number of carbonyl (C=O) groups excluding carboxylic acids is 1. The number of likely N-dealkylation sites (N-methyl/N-ethyl adjacent to an activating group) is 1. The van der Waals surface area contributed by atoms with Crippen LogP contribution in [-0.2, 0) is 4.79 Å². The van der Waals surface area contributed by atoms with Crippen molar-refractivity contribution in [3.05, 3.63) is 30.1 Å². The van der Waals surface area contributed by atoms with Crippen molar-refractivity contribution in [1.29, 1.82) is 0 Å². The zero-order valence-electron chi connectivity index (χ0n) is 11.1. The summed E-state index contributed by atoms with van der Waals surface area (Å²) < 4.78 is 18.2. The first-order valence-corrected chi connectivity index (χ1v) is 6.41. The number of hydrogen-bond acceptors (Lipinski definition) is 3. The van der Waals surface area contributed by atoms with Crippen molar-refractivity contribution in [2.45, 2.75) is 12.8 Å². The molecule has 4 nitrogen and oxygen atoms in total. The Labute approximate surface area is 112 Å². The molecule has 0 atom stereocenters. The maximum Gasteiger partial charge on any atom is 0.229 e. The van der Waals surface area contributed by atoms with Crippen LogP contribution < -0.4 is 10.5 Å². The van der Waals surface area contributed by atoms with Gasteiger partial charge in [-0.05, 0) is 37.1 Å². The smallest absolute Gasteiger partial charge is 0.229 e. The number of rotatable bonds is 6. The second kappa shape index (κ2) is 5.57. The van der Waals surface area contributed by atoms with Crippen molar-refractivity contribution < 1.29 is 13.9 Å². The molecule has 0 unspecified atom stereocenters. The summed E-state index contributed by atoms with van der Waals surface area (Å²) in [6, 6.07) is 5.83. The predicted octanol–water partition coefficient (Wildman–Crippen LogP) is 1.40. The molecule has 2 N–H and O–H groups in total. The van der Waals surface area contributed by atoms with Crippen LogP contribution in [0.3, 0.4) is 0 Å². The molecule has 5 heteroatoms. The highest BCUT2D eigenvalue weighted by molar-refractivity contribution is 5.85. The van der Waals surface area contributed by atoms with Gasteiger partial charge in [0.1, 0.15) is 18.2 Å². The van der Waals surface area contributed by atoms with Crippen molar-refractivity contribution in [3.63, 3.8) is 0 Å². The van der Waals surface area contributed by atoms with Crippen molar-refractivity contribution in [3.8, 4) is 5.75 Å². The summed E-state index contributed by atoms with van der Waals surface area (Å²) in [5.74, 6) is 0.401. The molecule has 0 aliphatic heterocycles. The highest BCUT2D eigenvalue weighted by atomic mass is 19.1. The van der Waals surface area contributed by atoms with Gasteiger partial charge in [-0.25, -0.2) is 4.39 Å². The normalized spacial score (nSPS) is 15.9. The second-order valence-electron chi connectivity index (χ2n) is 5.01. The van der Waals surface area contributed by atoms with Gasteiger partial charge in [-0.15, -0.1) is 0 Å². The Morgan fingerprint density at radius 2 is 2.05 bits per heavy atom. The molecule has 1 aliphatic carbocycles. The molecule has 1 saturated carbocycles. The minimum atomic E-state index is -0.315. The zero-order valence-corrected chi connectivity index (χ0v) is 11.1. The average molecular weight is 266 g/mol. The fourth-order valence-corrected chi connectivity index (χ4v) is 1.99. The molecular formula is C14H19FN2O2. The van der Waals surface area contributed by atoms with Gasteiger partial charge in [-0.3, -0.25) is 4.79 Å². The summed E-state index contributed by atoms with van der Waals surface area (Å²) in [6.45, 7) is 1.29. The first kappa shape index (κ1) is 13.8. The molecule has 1 aliphatic rings. The molecule has 0 saturated heterocycles. The molecule has 0 radical (unpaired) electrons. The van der Waals surface area contributed by atoms with Crippen LogP contribution in [-0.4, -0.2) is 37.6 Å². The van der Waals surface area contributed by atoms with Gasteiger partial charge in [0, 0.05) is 13.6 Å². The van der Waals surface area contributed by atoms with E-state index in [0.717, 1.165) is 12.8 Å². The van der Waals surface area contributed by atoms with Crippen LogP contribution in [0.1, 0.15) is 12.8 Å². The molecule has 1 aromatic rings. The topological polar surface area (TPSA) is 55.6 Å². The molecule has 0 bridgehead atoms. The second-order valence-corrected chi connectivity index (χ2v) is 5.01. The summed E-state index contributed by atoms with van der Waals surface area (Å²) in [4.78, 5) is 13.7. The summed E-state index contributed by atoms with van der Waals surface area (Å²) in [5, 5.41) is 0. The van der Waals surface area contributed by atoms with Crippen LogP contribution in [0, 0.1) is 11.2 Å². The molecule has 0 heterocycles. The Kier molecular flexibility index (Phi) is 4.04. The number of nitrogens with zero attached hydrogens (tertiary/aromatic N) is 1. The molecule has 1 amide bonds. The van der Waals surface area contributed by atoms with Gasteiger partial charge in [-0.2, -0.15) is 0 Å². The number of ether oxygens (including phenoxy) is 1. The number of amides is 1. The Morgan fingerprint density at radius 1 is 1.42 bits per heavy atom. The van der Waals surface area contributed by atoms with E-state index in [1.807, 2.05) is 0 Å². The third-order valence-corrected chi connectivity index (χ3v) is 3.55. The number of benzene rings is 1. The van der Waals surface area contributed by atoms with Crippen LogP contribution in [0.4, 0.5) is 4.39 Å². The minimum absolute atomic E-state index is 0.0951. The fraction of sp³-hybridized carbons (Fsp3) is 0.500. The molecule has 19 heavy (non-hydrogen) atoms. The largest absolute Gasteiger partial charge is 0.492 e. The van der Waals surface area contributed by atoms with E-state index in [1.165, 1.54) is 12.1 Å². The van der Waals surface area contributed by atoms with Crippen molar-refractivity contribution in [2.24, 2.45) is 11.1 Å². The van der Waals surface area contributed by atoms with Gasteiger partial charge in [0.15, 0.2) is 0 Å². The van der Waals surface area contributed by atoms with E-state index < -0.39 is 0 Å². The maximum absolute atomic E-state index is 12.7. The molecule has 1 aromatic carbocycles. The lowest BCUT2D eigenvalue weighted by atomic mass is 10.1. The molecule has 0 aromatic heterocycles. The van der Waals surface area contributed by atoms with E-state index in [-0.39, 0.29) is 17.1 Å². The summed E-state index contributed by atoms with van der Waals surface area (Å²) in [5.41, 5.74) is 5.31. The Morgan fingerprint density at radius 3 is 2.58 bits per heavy atom. The quantitative estimate of drug-likeness (QED) is 0.847. The maximum atomic E-state index is 12.7. The number of halogens is 1. The minimum Gasteiger partial charge on any atom is -0.492 e. The monoisotopic (exact) mass is 266 g/mol. The van der Waals surface area contributed by atoms with E-state index in [0.29, 0.717) is 25.4 Å². The predicted molar refractivity (Wildman–Crippen MR) is 70.3 cm³/mol. The van der Waals surface area contributed by atoms with Gasteiger partial charge < -0.3 is 15.4 Å². The van der Waals surface area contributed by atoms with Gasteiger partial charge in [0.25, 0.3) is 0 Å². The summed E-state index contributed by atoms with van der Waals surface area (Å²) in [7, 11) is 1.76. The number of hydrogen-bond donors (Lipinski definition) is 1. The number of nitrogens with two attached hydrogens (primary N) is 1. The van der Waals surface area contributed by atoms with Crippen LogP contribution in [0.25, 0.3) is 0 Å². The third-order valence-electron chi connectivity index (χ3n) is 3.55. The van der Waals surface area contributed by atoms with Crippen molar-refractivity contribution >= 4 is 5.91 Å². The Bertz CT molecular complexity index is 443. The molecule has 0 spiro atoms. The van der Waals surface area contributed by atoms with Gasteiger partial charge >= 0.3 is 0 Å². The standard InChI is InChI=1S/C14H19FN2O2/c1-17(13(18)14(10-16)6-7-14)8-9-19-12-4-2-11(15)3-5-12/h2-5H,6-10,16H2,1H3. The Hall–Kier alpha value is -1.62. The molecule has 104 valence electrons. The highest BCUT2D eigenvalue weighted by Gasteiger charge is 2.49. The fourth-order valence-electron chi connectivity index (χ4n) is 1.99. The van der Waals surface area contributed by atoms with E-state index in [1.54, 1.807) is 24.1 Å². The average Bonchev–Trinajstić information content (AvgIpc) is 3.21. The van der Waals surface area contributed by atoms with Crippen LogP contribution in [0.5, 0.6) is 5.75 Å². The van der Waals surface area contributed by atoms with Gasteiger partial charge in [0.2, 0.25) is 5.91 Å². The molecule has 1 fully saturated rings. The summed E-state index contributed by atoms with van der Waals surface area (Å²) in [6.07, 6.45) is 1.76. The SMILES string of the molecule is CN(CCOc1ccc(F)cc1)C(=O)C1(CN)CC1.